The lowest BCUT2D eigenvalue weighted by Gasteiger charge is -2.25. The van der Waals surface area contributed by atoms with Gasteiger partial charge in [-0.05, 0) is 24.5 Å². The van der Waals surface area contributed by atoms with Crippen molar-refractivity contribution in [2.24, 2.45) is 11.7 Å². The molecule has 3 heteroatoms. The SMILES string of the molecule is NCc1c(Cl)cccc1OCCC1CCC1. The minimum atomic E-state index is 0.429. The van der Waals surface area contributed by atoms with Crippen LogP contribution in [0, 0.1) is 5.92 Å². The number of benzene rings is 1. The molecule has 0 saturated heterocycles. The van der Waals surface area contributed by atoms with Gasteiger partial charge in [0.05, 0.1) is 6.61 Å². The van der Waals surface area contributed by atoms with Gasteiger partial charge in [0.1, 0.15) is 5.75 Å². The number of hydrogen-bond donors (Lipinski definition) is 1. The molecule has 2 rings (SSSR count). The lowest BCUT2D eigenvalue weighted by atomic mass is 9.83. The van der Waals surface area contributed by atoms with Crippen molar-refractivity contribution in [3.05, 3.63) is 28.8 Å². The molecule has 1 saturated carbocycles. The maximum atomic E-state index is 6.05. The first-order chi connectivity index (χ1) is 7.81. The quantitative estimate of drug-likeness (QED) is 0.855. The average molecular weight is 240 g/mol. The molecular formula is C13H18ClNO. The Morgan fingerprint density at radius 1 is 1.38 bits per heavy atom. The molecule has 1 aromatic rings. The van der Waals surface area contributed by atoms with Gasteiger partial charge < -0.3 is 10.5 Å². The second kappa shape index (κ2) is 5.55. The van der Waals surface area contributed by atoms with Crippen LogP contribution in [0.4, 0.5) is 0 Å². The third-order valence-corrected chi connectivity index (χ3v) is 3.64. The van der Waals surface area contributed by atoms with Gasteiger partial charge in [0, 0.05) is 17.1 Å². The lowest BCUT2D eigenvalue weighted by Crippen LogP contribution is -2.15. The Morgan fingerprint density at radius 3 is 2.81 bits per heavy atom. The number of halogens is 1. The van der Waals surface area contributed by atoms with E-state index in [1.165, 1.54) is 19.3 Å². The van der Waals surface area contributed by atoms with E-state index in [1.54, 1.807) is 0 Å². The Morgan fingerprint density at radius 2 is 2.19 bits per heavy atom. The molecule has 1 fully saturated rings. The van der Waals surface area contributed by atoms with E-state index in [4.69, 9.17) is 22.1 Å². The van der Waals surface area contributed by atoms with Crippen molar-refractivity contribution in [3.63, 3.8) is 0 Å². The van der Waals surface area contributed by atoms with Crippen LogP contribution < -0.4 is 10.5 Å². The molecule has 0 aliphatic heterocycles. The Balaban J connectivity index is 1.89. The van der Waals surface area contributed by atoms with Crippen molar-refractivity contribution in [1.82, 2.24) is 0 Å². The molecule has 0 atom stereocenters. The van der Waals surface area contributed by atoms with Gasteiger partial charge in [-0.25, -0.2) is 0 Å². The Labute approximate surface area is 102 Å². The molecular weight excluding hydrogens is 222 g/mol. The summed E-state index contributed by atoms with van der Waals surface area (Å²) in [7, 11) is 0. The molecule has 1 aliphatic rings. The van der Waals surface area contributed by atoms with Crippen molar-refractivity contribution >= 4 is 11.6 Å². The fraction of sp³-hybridized carbons (Fsp3) is 0.538. The number of ether oxygens (including phenoxy) is 1. The monoisotopic (exact) mass is 239 g/mol. The summed E-state index contributed by atoms with van der Waals surface area (Å²) < 4.78 is 5.75. The normalized spacial score (nSPS) is 15.9. The zero-order valence-corrected chi connectivity index (χ0v) is 10.2. The molecule has 0 amide bonds. The maximum absolute atomic E-state index is 6.05. The number of hydrogen-bond acceptors (Lipinski definition) is 2. The Kier molecular flexibility index (Phi) is 4.08. The minimum Gasteiger partial charge on any atom is -0.493 e. The highest BCUT2D eigenvalue weighted by Gasteiger charge is 2.17. The van der Waals surface area contributed by atoms with Crippen LogP contribution >= 0.6 is 11.6 Å². The fourth-order valence-corrected chi connectivity index (χ4v) is 2.23. The van der Waals surface area contributed by atoms with Gasteiger partial charge in [-0.2, -0.15) is 0 Å². The minimum absolute atomic E-state index is 0.429. The second-order valence-corrected chi connectivity index (χ2v) is 4.76. The highest BCUT2D eigenvalue weighted by atomic mass is 35.5. The van der Waals surface area contributed by atoms with Crippen LogP contribution in [0.2, 0.25) is 5.02 Å². The molecule has 0 bridgehead atoms. The van der Waals surface area contributed by atoms with E-state index in [0.717, 1.165) is 30.3 Å². The van der Waals surface area contributed by atoms with Crippen molar-refractivity contribution in [2.75, 3.05) is 6.61 Å². The predicted octanol–water partition coefficient (Wildman–Crippen LogP) is 3.37. The van der Waals surface area contributed by atoms with E-state index in [-0.39, 0.29) is 0 Å². The summed E-state index contributed by atoms with van der Waals surface area (Å²) in [5.41, 5.74) is 6.57. The first-order valence-corrected chi connectivity index (χ1v) is 6.29. The predicted molar refractivity (Wildman–Crippen MR) is 66.8 cm³/mol. The van der Waals surface area contributed by atoms with E-state index in [9.17, 15) is 0 Å². The fourth-order valence-electron chi connectivity index (χ4n) is 1.99. The third kappa shape index (κ3) is 2.69. The molecule has 1 aliphatic carbocycles. The van der Waals surface area contributed by atoms with E-state index in [0.29, 0.717) is 11.6 Å². The first kappa shape index (κ1) is 11.7. The summed E-state index contributed by atoms with van der Waals surface area (Å²) in [6.07, 6.45) is 5.26. The topological polar surface area (TPSA) is 35.2 Å². The zero-order valence-electron chi connectivity index (χ0n) is 9.42. The zero-order chi connectivity index (χ0) is 11.4. The first-order valence-electron chi connectivity index (χ1n) is 5.91. The van der Waals surface area contributed by atoms with E-state index < -0.39 is 0 Å². The second-order valence-electron chi connectivity index (χ2n) is 4.35. The van der Waals surface area contributed by atoms with Gasteiger partial charge in [0.2, 0.25) is 0 Å². The smallest absolute Gasteiger partial charge is 0.125 e. The van der Waals surface area contributed by atoms with E-state index in [2.05, 4.69) is 0 Å². The van der Waals surface area contributed by atoms with Gasteiger partial charge in [-0.15, -0.1) is 0 Å². The lowest BCUT2D eigenvalue weighted by molar-refractivity contribution is 0.221. The highest BCUT2D eigenvalue weighted by Crippen LogP contribution is 2.30. The average Bonchev–Trinajstić information content (AvgIpc) is 2.22. The largest absolute Gasteiger partial charge is 0.493 e. The van der Waals surface area contributed by atoms with Crippen LogP contribution in [-0.4, -0.2) is 6.61 Å². The molecule has 0 aromatic heterocycles. The molecule has 1 aromatic carbocycles. The summed E-state index contributed by atoms with van der Waals surface area (Å²) in [6, 6.07) is 5.69. The number of nitrogens with two attached hydrogens (primary N) is 1. The summed E-state index contributed by atoms with van der Waals surface area (Å²) in [5.74, 6) is 1.72. The van der Waals surface area contributed by atoms with Crippen LogP contribution in [-0.2, 0) is 6.54 Å². The third-order valence-electron chi connectivity index (χ3n) is 3.29. The standard InChI is InChI=1S/C13H18ClNO/c14-12-5-2-6-13(11(12)9-15)16-8-7-10-3-1-4-10/h2,5-6,10H,1,3-4,7-9,15H2. The van der Waals surface area contributed by atoms with Gasteiger partial charge in [0.25, 0.3) is 0 Å². The van der Waals surface area contributed by atoms with Crippen LogP contribution in [0.15, 0.2) is 18.2 Å². The van der Waals surface area contributed by atoms with Crippen LogP contribution in [0.5, 0.6) is 5.75 Å². The molecule has 0 unspecified atom stereocenters. The number of rotatable bonds is 5. The summed E-state index contributed by atoms with van der Waals surface area (Å²) in [6.45, 7) is 1.20. The molecule has 2 nitrogen and oxygen atoms in total. The summed E-state index contributed by atoms with van der Waals surface area (Å²) in [4.78, 5) is 0. The van der Waals surface area contributed by atoms with Gasteiger partial charge in [-0.1, -0.05) is 36.9 Å². The molecule has 0 spiro atoms. The highest BCUT2D eigenvalue weighted by molar-refractivity contribution is 6.31. The summed E-state index contributed by atoms with van der Waals surface area (Å²) >= 11 is 6.05. The molecule has 0 heterocycles. The molecule has 2 N–H and O–H groups in total. The van der Waals surface area contributed by atoms with Crippen molar-refractivity contribution < 1.29 is 4.74 Å². The van der Waals surface area contributed by atoms with Crippen LogP contribution in [0.1, 0.15) is 31.2 Å². The Hall–Kier alpha value is -0.730. The van der Waals surface area contributed by atoms with Gasteiger partial charge in [-0.3, -0.25) is 0 Å². The van der Waals surface area contributed by atoms with Crippen molar-refractivity contribution in [1.29, 1.82) is 0 Å². The van der Waals surface area contributed by atoms with E-state index in [1.807, 2.05) is 18.2 Å². The molecule has 88 valence electrons. The molecule has 0 radical (unpaired) electrons. The van der Waals surface area contributed by atoms with Crippen LogP contribution in [0.25, 0.3) is 0 Å². The van der Waals surface area contributed by atoms with Crippen molar-refractivity contribution in [2.45, 2.75) is 32.2 Å². The van der Waals surface area contributed by atoms with Crippen LogP contribution in [0.3, 0.4) is 0 Å². The Bertz CT molecular complexity index is 350. The van der Waals surface area contributed by atoms with Crippen molar-refractivity contribution in [3.8, 4) is 5.75 Å². The van der Waals surface area contributed by atoms with Gasteiger partial charge in [0.15, 0.2) is 0 Å². The summed E-state index contributed by atoms with van der Waals surface area (Å²) in [5, 5.41) is 0.698. The molecule has 16 heavy (non-hydrogen) atoms. The maximum Gasteiger partial charge on any atom is 0.125 e. The van der Waals surface area contributed by atoms with E-state index >= 15 is 0 Å². The van der Waals surface area contributed by atoms with Gasteiger partial charge >= 0.3 is 0 Å².